The maximum absolute atomic E-state index is 5.64. The Morgan fingerprint density at radius 1 is 1.00 bits per heavy atom. The third-order valence-corrected chi connectivity index (χ3v) is 2.54. The van der Waals surface area contributed by atoms with Crippen LogP contribution in [0, 0.1) is 6.32 Å². The summed E-state index contributed by atoms with van der Waals surface area (Å²) in [6.07, 6.45) is 1.93. The van der Waals surface area contributed by atoms with Gasteiger partial charge in [-0.15, -0.1) is 0 Å². The summed E-state index contributed by atoms with van der Waals surface area (Å²) in [6.45, 7) is 10.2. The monoisotopic (exact) mass is 350 g/mol. The Balaban J connectivity index is 0.000000423. The number of rotatable bonds is 1. The molecule has 1 rings (SSSR count). The SMILES string of the molecule is C[CH-]B1OC(C)(C)C(C)(C)O1.[Cl][Zr]([Cl])[Cl]. The Labute approximate surface area is 111 Å². The molecule has 15 heavy (non-hydrogen) atoms. The van der Waals surface area contributed by atoms with Crippen molar-refractivity contribution in [1.82, 2.24) is 0 Å². The third kappa shape index (κ3) is 5.75. The van der Waals surface area contributed by atoms with Crippen molar-refractivity contribution in [3.05, 3.63) is 6.32 Å². The van der Waals surface area contributed by atoms with Gasteiger partial charge in [0.2, 0.25) is 0 Å². The van der Waals surface area contributed by atoms with Crippen molar-refractivity contribution in [3.8, 4) is 0 Å². The first-order chi connectivity index (χ1) is 6.62. The van der Waals surface area contributed by atoms with Crippen molar-refractivity contribution in [3.63, 3.8) is 0 Å². The van der Waals surface area contributed by atoms with Crippen LogP contribution in [0.5, 0.6) is 0 Å². The van der Waals surface area contributed by atoms with Crippen LogP contribution in [0.15, 0.2) is 0 Å². The summed E-state index contributed by atoms with van der Waals surface area (Å²) in [4.78, 5) is 0. The van der Waals surface area contributed by atoms with E-state index in [1.165, 1.54) is 0 Å². The number of hydrogen-bond donors (Lipinski definition) is 0. The van der Waals surface area contributed by atoms with E-state index in [2.05, 4.69) is 27.7 Å². The van der Waals surface area contributed by atoms with Crippen molar-refractivity contribution in [2.24, 2.45) is 0 Å². The van der Waals surface area contributed by atoms with Crippen molar-refractivity contribution in [1.29, 1.82) is 0 Å². The van der Waals surface area contributed by atoms with Crippen LogP contribution < -0.4 is 0 Å². The molecule has 7 heteroatoms. The van der Waals surface area contributed by atoms with Crippen LogP contribution in [0.2, 0.25) is 0 Å². The minimum absolute atomic E-state index is 0.139. The topological polar surface area (TPSA) is 18.5 Å². The molecule has 0 aromatic carbocycles. The molecule has 0 N–H and O–H groups in total. The normalized spacial score (nSPS) is 22.0. The molecule has 0 atom stereocenters. The second-order valence-electron chi connectivity index (χ2n) is 4.17. The molecule has 2 nitrogen and oxygen atoms in total. The third-order valence-electron chi connectivity index (χ3n) is 2.54. The van der Waals surface area contributed by atoms with E-state index >= 15 is 0 Å². The van der Waals surface area contributed by atoms with E-state index in [0.29, 0.717) is 0 Å². The Kier molecular flexibility index (Phi) is 7.38. The van der Waals surface area contributed by atoms with Crippen molar-refractivity contribution < 1.29 is 27.5 Å². The molecule has 0 saturated carbocycles. The van der Waals surface area contributed by atoms with Gasteiger partial charge in [0.25, 0.3) is 7.12 Å². The zero-order valence-electron chi connectivity index (χ0n) is 9.61. The van der Waals surface area contributed by atoms with Crippen LogP contribution in [0.4, 0.5) is 0 Å². The fourth-order valence-electron chi connectivity index (χ4n) is 1.02. The first-order valence-electron chi connectivity index (χ1n) is 4.61. The molecule has 1 aliphatic heterocycles. The molecule has 0 unspecified atom stereocenters. The Morgan fingerprint density at radius 3 is 1.40 bits per heavy atom. The van der Waals surface area contributed by atoms with E-state index < -0.39 is 18.2 Å². The predicted molar refractivity (Wildman–Crippen MR) is 63.6 cm³/mol. The summed E-state index contributed by atoms with van der Waals surface area (Å²) in [6, 6.07) is 0. The Hall–Kier alpha value is 1.74. The molecule has 1 fully saturated rings. The summed E-state index contributed by atoms with van der Waals surface area (Å²) >= 11 is -2.13. The van der Waals surface area contributed by atoms with Gasteiger partial charge in [0.05, 0.1) is 11.2 Å². The van der Waals surface area contributed by atoms with Gasteiger partial charge in [-0.3, -0.25) is 6.32 Å². The average molecular weight is 353 g/mol. The minimum atomic E-state index is -2.13. The molecule has 89 valence electrons. The molecule has 1 saturated heterocycles. The number of halogens is 3. The van der Waals surface area contributed by atoms with Gasteiger partial charge < -0.3 is 9.31 Å². The fourth-order valence-corrected chi connectivity index (χ4v) is 1.02. The van der Waals surface area contributed by atoms with Gasteiger partial charge in [-0.1, -0.05) is 0 Å². The van der Waals surface area contributed by atoms with Crippen LogP contribution in [-0.4, -0.2) is 18.3 Å². The molecule has 1 heterocycles. The summed E-state index contributed by atoms with van der Waals surface area (Å²) in [5.74, 6) is 0. The van der Waals surface area contributed by atoms with Gasteiger partial charge in [-0.05, 0) is 27.7 Å². The summed E-state index contributed by atoms with van der Waals surface area (Å²) in [5.41, 5.74) is -0.381. The fraction of sp³-hybridized carbons (Fsp3) is 0.875. The summed E-state index contributed by atoms with van der Waals surface area (Å²) < 4.78 is 11.3. The molecular formula is C8H16BCl3O2Zr-. The van der Waals surface area contributed by atoms with Crippen LogP contribution in [0.3, 0.4) is 0 Å². The van der Waals surface area contributed by atoms with E-state index in [-0.39, 0.29) is 18.3 Å². The Bertz CT molecular complexity index is 184. The zero-order chi connectivity index (χ0) is 12.3. The second kappa shape index (κ2) is 6.61. The molecule has 0 aliphatic carbocycles. The van der Waals surface area contributed by atoms with Crippen LogP contribution in [0.1, 0.15) is 34.6 Å². The van der Waals surface area contributed by atoms with Gasteiger partial charge in [0.15, 0.2) is 0 Å². The first-order valence-corrected chi connectivity index (χ1v) is 14.1. The second-order valence-corrected chi connectivity index (χ2v) is 15.4. The van der Waals surface area contributed by atoms with Gasteiger partial charge >= 0.3 is 43.7 Å². The van der Waals surface area contributed by atoms with Crippen molar-refractivity contribution in [2.75, 3.05) is 0 Å². The van der Waals surface area contributed by atoms with Crippen molar-refractivity contribution >= 4 is 32.7 Å². The van der Waals surface area contributed by atoms with Gasteiger partial charge in [0, 0.05) is 0 Å². The number of hydrogen-bond acceptors (Lipinski definition) is 2. The van der Waals surface area contributed by atoms with Crippen LogP contribution in [0.25, 0.3) is 0 Å². The predicted octanol–water partition coefficient (Wildman–Crippen LogP) is 3.91. The molecule has 0 aromatic heterocycles. The molecule has 0 radical (unpaired) electrons. The molecule has 0 amide bonds. The average Bonchev–Trinajstić information content (AvgIpc) is 2.20. The molecule has 0 spiro atoms. The molecule has 1 aliphatic rings. The van der Waals surface area contributed by atoms with Crippen molar-refractivity contribution in [2.45, 2.75) is 45.8 Å². The maximum atomic E-state index is 5.64. The molecule has 0 aromatic rings. The standard InChI is InChI=1S/C8H16BO2.3ClH.Zr/c1-6-9-10-7(2,3)8(4,5)11-9;;;;/h6H,1-5H3;3*1H;/q-1;;;;+3/p-3. The van der Waals surface area contributed by atoms with E-state index in [0.717, 1.165) is 0 Å². The van der Waals surface area contributed by atoms with Crippen LogP contribution >= 0.6 is 25.5 Å². The summed E-state index contributed by atoms with van der Waals surface area (Å²) in [5, 5.41) is 0. The molecule has 0 bridgehead atoms. The zero-order valence-corrected chi connectivity index (χ0v) is 14.3. The van der Waals surface area contributed by atoms with Gasteiger partial charge in [-0.2, -0.15) is 6.92 Å². The van der Waals surface area contributed by atoms with E-state index in [1.54, 1.807) is 0 Å². The van der Waals surface area contributed by atoms with Gasteiger partial charge in [-0.25, -0.2) is 0 Å². The molecular weight excluding hydrogens is 336 g/mol. The van der Waals surface area contributed by atoms with E-state index in [9.17, 15) is 0 Å². The Morgan fingerprint density at radius 2 is 1.27 bits per heavy atom. The first kappa shape index (κ1) is 16.7. The van der Waals surface area contributed by atoms with E-state index in [4.69, 9.17) is 34.8 Å². The van der Waals surface area contributed by atoms with Gasteiger partial charge in [0.1, 0.15) is 0 Å². The quantitative estimate of drug-likeness (QED) is 0.526. The summed E-state index contributed by atoms with van der Waals surface area (Å²) in [7, 11) is 14.9. The van der Waals surface area contributed by atoms with E-state index in [1.807, 2.05) is 13.2 Å². The van der Waals surface area contributed by atoms with Crippen LogP contribution in [-0.2, 0) is 27.5 Å².